The summed E-state index contributed by atoms with van der Waals surface area (Å²) in [7, 11) is 0. The highest BCUT2D eigenvalue weighted by Gasteiger charge is 2.56. The number of rotatable bonds is 7. The van der Waals surface area contributed by atoms with Crippen LogP contribution in [-0.4, -0.2) is 46.3 Å². The van der Waals surface area contributed by atoms with Gasteiger partial charge in [0, 0.05) is 6.54 Å². The van der Waals surface area contributed by atoms with Crippen molar-refractivity contribution in [3.8, 4) is 0 Å². The van der Waals surface area contributed by atoms with Crippen LogP contribution >= 0.6 is 0 Å². The Morgan fingerprint density at radius 1 is 0.688 bits per heavy atom. The van der Waals surface area contributed by atoms with E-state index in [0.29, 0.717) is 0 Å². The molecule has 0 aliphatic carbocycles. The van der Waals surface area contributed by atoms with Crippen LogP contribution in [-0.2, 0) is 22.7 Å². The highest BCUT2D eigenvalue weighted by Crippen LogP contribution is 2.30. The van der Waals surface area contributed by atoms with Crippen molar-refractivity contribution in [3.63, 3.8) is 0 Å². The molecule has 0 atom stereocenters. The predicted octanol–water partition coefficient (Wildman–Crippen LogP) is 2.74. The summed E-state index contributed by atoms with van der Waals surface area (Å²) in [6.07, 6.45) is -10.7. The summed E-state index contributed by atoms with van der Waals surface area (Å²) in [6, 6.07) is 13.7. The van der Waals surface area contributed by atoms with Crippen LogP contribution < -0.4 is 11.5 Å². The molecule has 2 amide bonds. The Bertz CT molecular complexity index is 848. The van der Waals surface area contributed by atoms with Crippen LogP contribution in [0.1, 0.15) is 11.1 Å². The summed E-state index contributed by atoms with van der Waals surface area (Å²) >= 11 is 0. The van der Waals surface area contributed by atoms with Crippen LogP contribution in [0, 0.1) is 0 Å². The minimum Gasteiger partial charge on any atom is -0.328 e. The average Bonchev–Trinajstić information content (AvgIpc) is 2.74. The minimum absolute atomic E-state index is 0.0157. The summed E-state index contributed by atoms with van der Waals surface area (Å²) in [4.78, 5) is 24.1. The van der Waals surface area contributed by atoms with Crippen LogP contribution in [0.5, 0.6) is 0 Å². The zero-order valence-corrected chi connectivity index (χ0v) is 16.5. The van der Waals surface area contributed by atoms with Crippen molar-refractivity contribution in [2.75, 3.05) is 6.54 Å². The first-order valence-corrected chi connectivity index (χ1v) is 9.15. The second-order valence-corrected chi connectivity index (χ2v) is 6.86. The van der Waals surface area contributed by atoms with Crippen molar-refractivity contribution < 1.29 is 35.9 Å². The Kier molecular flexibility index (Phi) is 7.52. The van der Waals surface area contributed by atoms with Crippen LogP contribution in [0.4, 0.5) is 26.3 Å². The highest BCUT2D eigenvalue weighted by atomic mass is 19.4. The molecule has 12 heteroatoms. The van der Waals surface area contributed by atoms with E-state index in [9.17, 15) is 35.9 Å². The van der Waals surface area contributed by atoms with E-state index in [2.05, 4.69) is 0 Å². The van der Waals surface area contributed by atoms with E-state index in [1.165, 1.54) is 60.7 Å². The van der Waals surface area contributed by atoms with Crippen LogP contribution in [0.25, 0.3) is 0 Å². The third-order valence-electron chi connectivity index (χ3n) is 4.55. The largest absolute Gasteiger partial charge is 0.487 e. The van der Waals surface area contributed by atoms with Gasteiger partial charge in [-0.15, -0.1) is 26.3 Å². The molecule has 0 radical (unpaired) electrons. The fourth-order valence-electron chi connectivity index (χ4n) is 2.83. The summed E-state index contributed by atoms with van der Waals surface area (Å²) < 4.78 is 81.8. The number of nitrogens with zero attached hydrogens (tertiary/aromatic N) is 2. The average molecular weight is 462 g/mol. The zero-order valence-electron chi connectivity index (χ0n) is 16.5. The summed E-state index contributed by atoms with van der Waals surface area (Å²) in [6.45, 7) is -3.42. The maximum Gasteiger partial charge on any atom is 0.487 e. The van der Waals surface area contributed by atoms with Gasteiger partial charge < -0.3 is 11.5 Å². The Labute approximate surface area is 179 Å². The molecule has 0 heterocycles. The topological polar surface area (TPSA) is 92.7 Å². The Morgan fingerprint density at radius 3 is 1.25 bits per heavy atom. The van der Waals surface area contributed by atoms with E-state index in [1.807, 2.05) is 0 Å². The van der Waals surface area contributed by atoms with Gasteiger partial charge in [0.05, 0.1) is 13.1 Å². The van der Waals surface area contributed by atoms with Crippen LogP contribution in [0.15, 0.2) is 60.7 Å². The van der Waals surface area contributed by atoms with Gasteiger partial charge >= 0.3 is 12.6 Å². The maximum atomic E-state index is 13.6. The first-order chi connectivity index (χ1) is 14.8. The smallest absolute Gasteiger partial charge is 0.328 e. The number of hydrogen-bond donors (Lipinski definition) is 2. The lowest BCUT2D eigenvalue weighted by Gasteiger charge is -2.37. The van der Waals surface area contributed by atoms with Gasteiger partial charge in [0.25, 0.3) is 11.8 Å². The molecule has 2 aromatic carbocycles. The monoisotopic (exact) mass is 462 g/mol. The van der Waals surface area contributed by atoms with E-state index in [4.69, 9.17) is 11.5 Å². The van der Waals surface area contributed by atoms with Gasteiger partial charge in [0.2, 0.25) is 0 Å². The van der Waals surface area contributed by atoms with E-state index in [1.54, 1.807) is 0 Å². The van der Waals surface area contributed by atoms with Gasteiger partial charge in [0.1, 0.15) is 0 Å². The molecule has 32 heavy (non-hydrogen) atoms. The number of nitrogens with two attached hydrogens (primary N) is 2. The molecule has 6 nitrogen and oxygen atoms in total. The van der Waals surface area contributed by atoms with Crippen LogP contribution in [0.2, 0.25) is 0 Å². The van der Waals surface area contributed by atoms with Gasteiger partial charge in [-0.1, -0.05) is 60.7 Å². The van der Waals surface area contributed by atoms with E-state index >= 15 is 0 Å². The molecular weight excluding hydrogens is 442 g/mol. The summed E-state index contributed by atoms with van der Waals surface area (Å²) in [5.41, 5.74) is 7.60. The normalized spacial score (nSPS) is 12.4. The van der Waals surface area contributed by atoms with Gasteiger partial charge in [-0.25, -0.2) is 9.80 Å². The highest BCUT2D eigenvalue weighted by molar-refractivity contribution is 6.10. The molecule has 0 aromatic heterocycles. The maximum absolute atomic E-state index is 13.6. The summed E-state index contributed by atoms with van der Waals surface area (Å²) in [5.74, 6) is -4.19. The van der Waals surface area contributed by atoms with Crippen molar-refractivity contribution in [2.24, 2.45) is 11.5 Å². The van der Waals surface area contributed by atoms with Crippen molar-refractivity contribution >= 4 is 11.8 Å². The molecule has 0 fully saturated rings. The molecule has 174 valence electrons. The minimum atomic E-state index is -5.34. The standard InChI is InChI=1S/C20H20F6N4O2/c21-19(22,23)29(11-14-7-3-1-4-8-14)16(31)18(28,13-27)17(32)30(20(24,25)26)12-15-9-5-2-6-10-15/h1-10H,11-13,27-28H2. The molecule has 0 saturated carbocycles. The third-order valence-corrected chi connectivity index (χ3v) is 4.55. The van der Waals surface area contributed by atoms with E-state index < -0.39 is 59.4 Å². The zero-order chi connectivity index (χ0) is 24.2. The molecule has 0 aliphatic heterocycles. The number of amides is 2. The first kappa shape index (κ1) is 25.1. The number of halogens is 6. The molecule has 0 bridgehead atoms. The Balaban J connectivity index is 2.44. The van der Waals surface area contributed by atoms with Gasteiger partial charge in [0.15, 0.2) is 5.54 Å². The second-order valence-electron chi connectivity index (χ2n) is 6.86. The molecule has 0 unspecified atom stereocenters. The molecule has 0 spiro atoms. The molecular formula is C20H20F6N4O2. The van der Waals surface area contributed by atoms with Gasteiger partial charge in [-0.3, -0.25) is 9.59 Å². The Morgan fingerprint density at radius 2 is 1.00 bits per heavy atom. The molecule has 4 N–H and O–H groups in total. The molecule has 0 aliphatic rings. The lowest BCUT2D eigenvalue weighted by Crippen LogP contribution is -2.70. The number of benzene rings is 2. The van der Waals surface area contributed by atoms with Crippen molar-refractivity contribution in [3.05, 3.63) is 71.8 Å². The molecule has 0 saturated heterocycles. The third kappa shape index (κ3) is 5.77. The lowest BCUT2D eigenvalue weighted by molar-refractivity contribution is -0.253. The fraction of sp³-hybridized carbons (Fsp3) is 0.300. The van der Waals surface area contributed by atoms with E-state index in [0.717, 1.165) is 0 Å². The number of carbonyl (C=O) groups is 2. The second kappa shape index (κ2) is 9.57. The number of hydrogen-bond acceptors (Lipinski definition) is 4. The fourth-order valence-corrected chi connectivity index (χ4v) is 2.83. The van der Waals surface area contributed by atoms with Gasteiger partial charge in [-0.05, 0) is 11.1 Å². The molecule has 2 aromatic rings. The number of alkyl halides is 6. The SMILES string of the molecule is NCC(N)(C(=O)N(Cc1ccccc1)C(F)(F)F)C(=O)N(Cc1ccccc1)C(F)(F)F. The van der Waals surface area contributed by atoms with Crippen LogP contribution in [0.3, 0.4) is 0 Å². The van der Waals surface area contributed by atoms with Crippen molar-refractivity contribution in [2.45, 2.75) is 31.2 Å². The van der Waals surface area contributed by atoms with Crippen molar-refractivity contribution in [1.82, 2.24) is 9.80 Å². The van der Waals surface area contributed by atoms with Gasteiger partial charge in [-0.2, -0.15) is 0 Å². The predicted molar refractivity (Wildman–Crippen MR) is 102 cm³/mol. The quantitative estimate of drug-likeness (QED) is 0.376. The van der Waals surface area contributed by atoms with E-state index in [-0.39, 0.29) is 11.1 Å². The summed E-state index contributed by atoms with van der Waals surface area (Å²) in [5, 5.41) is 0. The Hall–Kier alpha value is -3.12. The lowest BCUT2D eigenvalue weighted by atomic mass is 9.96. The first-order valence-electron chi connectivity index (χ1n) is 9.15. The van der Waals surface area contributed by atoms with Crippen molar-refractivity contribution in [1.29, 1.82) is 0 Å². The molecule has 2 rings (SSSR count). The number of carbonyl (C=O) groups excluding carboxylic acids is 2.